The summed E-state index contributed by atoms with van der Waals surface area (Å²) < 4.78 is 41.4. The smallest absolute Gasteiger partial charge is 0.265 e. The number of rotatable bonds is 11. The highest BCUT2D eigenvalue weighted by atomic mass is 32.2. The zero-order chi connectivity index (χ0) is 33.1. The van der Waals surface area contributed by atoms with E-state index in [0.717, 1.165) is 43.9 Å². The van der Waals surface area contributed by atoms with Gasteiger partial charge in [-0.3, -0.25) is 4.79 Å². The Labute approximate surface area is 287 Å². The Bertz CT molecular complexity index is 2260. The normalized spacial score (nSPS) is 13.6. The van der Waals surface area contributed by atoms with Crippen molar-refractivity contribution in [2.75, 3.05) is 30.9 Å². The van der Waals surface area contributed by atoms with Crippen molar-refractivity contribution in [2.24, 2.45) is 0 Å². The molecule has 6 aromatic rings. The monoisotopic (exact) mass is 694 g/mol. The average molecular weight is 695 g/mol. The van der Waals surface area contributed by atoms with Gasteiger partial charge in [0.05, 0.1) is 29.6 Å². The maximum absolute atomic E-state index is 12.8. The van der Waals surface area contributed by atoms with Crippen molar-refractivity contribution >= 4 is 71.8 Å². The van der Waals surface area contributed by atoms with Crippen molar-refractivity contribution in [3.8, 4) is 11.5 Å². The topological polar surface area (TPSA) is 88.8 Å². The largest absolute Gasteiger partial charge is 0.492 e. The van der Waals surface area contributed by atoms with Crippen LogP contribution in [-0.2, 0) is 16.6 Å². The summed E-state index contributed by atoms with van der Waals surface area (Å²) in [6, 6.07) is 37.5. The minimum atomic E-state index is -3.71. The number of nitrogens with one attached hydrogen (secondary N) is 1. The number of amides is 1. The van der Waals surface area contributed by atoms with Gasteiger partial charge in [0.1, 0.15) is 29.4 Å². The second-order valence-corrected chi connectivity index (χ2v) is 15.1. The van der Waals surface area contributed by atoms with Crippen molar-refractivity contribution in [2.45, 2.75) is 11.4 Å². The summed E-state index contributed by atoms with van der Waals surface area (Å²) in [5, 5.41) is 4.37. The molecule has 5 aromatic carbocycles. The molecule has 1 N–H and O–H groups in total. The molecule has 0 saturated carbocycles. The molecule has 0 saturated heterocycles. The fraction of sp³-hybridized carbons (Fsp3) is 0.135. The number of carbonyl (C=O) groups is 1. The number of anilines is 1. The fourth-order valence-electron chi connectivity index (χ4n) is 5.58. The lowest BCUT2D eigenvalue weighted by molar-refractivity contribution is -0.669. The molecular formula is C37H32N3O5S3+. The number of thiazole rings is 1. The second kappa shape index (κ2) is 13.7. The molecule has 1 aliphatic heterocycles. The molecule has 242 valence electrons. The Kier molecular flexibility index (Phi) is 9.07. The van der Waals surface area contributed by atoms with Crippen LogP contribution < -0.4 is 23.7 Å². The van der Waals surface area contributed by atoms with E-state index in [1.165, 1.54) is 15.5 Å². The number of carbonyl (C=O) groups excluding carboxylic acids is 1. The highest BCUT2D eigenvalue weighted by molar-refractivity contribution is 8.04. The van der Waals surface area contributed by atoms with Crippen LogP contribution in [0.2, 0.25) is 0 Å². The third-order valence-electron chi connectivity index (χ3n) is 7.77. The third kappa shape index (κ3) is 7.18. The number of sulfonamides is 1. The lowest BCUT2D eigenvalue weighted by atomic mass is 10.1. The first kappa shape index (κ1) is 31.7. The number of nitrogens with zero attached hydrogens (tertiary/aromatic N) is 2. The lowest BCUT2D eigenvalue weighted by Gasteiger charge is -2.21. The molecule has 1 aliphatic rings. The number of thioether (sulfide) groups is 1. The Morgan fingerprint density at radius 3 is 2.17 bits per heavy atom. The van der Waals surface area contributed by atoms with Gasteiger partial charge in [-0.1, -0.05) is 83.8 Å². The lowest BCUT2D eigenvalue weighted by Crippen LogP contribution is -2.38. The Balaban J connectivity index is 1.26. The molecular weight excluding hydrogens is 663 g/mol. The number of hydrogen-bond acceptors (Lipinski definition) is 8. The molecule has 0 aliphatic carbocycles. The van der Waals surface area contributed by atoms with E-state index in [-0.39, 0.29) is 5.56 Å². The van der Waals surface area contributed by atoms with E-state index in [2.05, 4.69) is 56.7 Å². The molecule has 0 unspecified atom stereocenters. The molecule has 48 heavy (non-hydrogen) atoms. The van der Waals surface area contributed by atoms with Crippen molar-refractivity contribution in [1.82, 2.24) is 4.72 Å². The van der Waals surface area contributed by atoms with Gasteiger partial charge in [-0.2, -0.15) is 4.57 Å². The molecule has 1 aromatic heterocycles. The number of fused-ring (bicyclic) bond motifs is 3. The summed E-state index contributed by atoms with van der Waals surface area (Å²) in [6.07, 6.45) is 3.15. The van der Waals surface area contributed by atoms with E-state index in [1.807, 2.05) is 66.7 Å². The van der Waals surface area contributed by atoms with Gasteiger partial charge in [-0.05, 0) is 59.3 Å². The summed E-state index contributed by atoms with van der Waals surface area (Å²) >= 11 is 3.32. The summed E-state index contributed by atoms with van der Waals surface area (Å²) in [6.45, 7) is 2.02. The Hall–Kier alpha value is -4.84. The van der Waals surface area contributed by atoms with Gasteiger partial charge in [-0.15, -0.1) is 0 Å². The highest BCUT2D eigenvalue weighted by Gasteiger charge is 2.29. The van der Waals surface area contributed by atoms with Gasteiger partial charge < -0.3 is 14.4 Å². The SMILES string of the molecule is CS(=O)(=O)NC(=O)c1ccc2c(c1)N(CCOc1ccccc1)C(=Cc1sc3cc4ccccc4cc3[n+]1CCOc1ccccc1)S2. The van der Waals surface area contributed by atoms with Gasteiger partial charge >= 0.3 is 0 Å². The summed E-state index contributed by atoms with van der Waals surface area (Å²) in [7, 11) is -3.71. The maximum Gasteiger partial charge on any atom is 0.265 e. The van der Waals surface area contributed by atoms with Crippen molar-refractivity contribution < 1.29 is 27.3 Å². The van der Waals surface area contributed by atoms with E-state index < -0.39 is 15.9 Å². The van der Waals surface area contributed by atoms with Crippen LogP contribution in [0, 0.1) is 0 Å². The number of benzene rings is 5. The molecule has 0 spiro atoms. The number of ether oxygens (including phenoxy) is 2. The molecule has 1 amide bonds. The van der Waals surface area contributed by atoms with Crippen molar-refractivity contribution in [1.29, 1.82) is 0 Å². The third-order valence-corrected chi connectivity index (χ3v) is 10.5. The zero-order valence-corrected chi connectivity index (χ0v) is 28.5. The van der Waals surface area contributed by atoms with Crippen LogP contribution in [-0.4, -0.2) is 40.3 Å². The van der Waals surface area contributed by atoms with E-state index in [1.54, 1.807) is 35.2 Å². The van der Waals surface area contributed by atoms with E-state index in [0.29, 0.717) is 26.3 Å². The first-order valence-electron chi connectivity index (χ1n) is 15.3. The molecule has 0 atom stereocenters. The fourth-order valence-corrected chi connectivity index (χ4v) is 8.37. The van der Waals surface area contributed by atoms with Gasteiger partial charge in [0.15, 0.2) is 6.54 Å². The minimum absolute atomic E-state index is 0.261. The van der Waals surface area contributed by atoms with Crippen LogP contribution in [0.25, 0.3) is 27.1 Å². The molecule has 0 bridgehead atoms. The van der Waals surface area contributed by atoms with E-state index in [4.69, 9.17) is 9.47 Å². The highest BCUT2D eigenvalue weighted by Crippen LogP contribution is 2.47. The average Bonchev–Trinajstić information content (AvgIpc) is 3.59. The molecule has 0 radical (unpaired) electrons. The number of hydrogen-bond donors (Lipinski definition) is 1. The second-order valence-electron chi connectivity index (χ2n) is 11.2. The zero-order valence-electron chi connectivity index (χ0n) is 26.0. The summed E-state index contributed by atoms with van der Waals surface area (Å²) in [5.41, 5.74) is 2.20. The minimum Gasteiger partial charge on any atom is -0.492 e. The summed E-state index contributed by atoms with van der Waals surface area (Å²) in [4.78, 5) is 15.9. The maximum atomic E-state index is 12.8. The van der Waals surface area contributed by atoms with Gasteiger partial charge in [-0.25, -0.2) is 13.1 Å². The number of aromatic nitrogens is 1. The standard InChI is InChI=1S/C37H31N3O5S3/c1-48(42,43)38-37(41)28-16-17-33-31(23-28)39(18-20-44-29-12-4-2-5-13-29)35(46-33)25-36-40(19-21-45-30-14-6-3-7-15-30)32-22-26-10-8-9-11-27(26)24-34(32)47-36/h2-17,22-25H,18-21H2,1H3/p+1. The molecule has 0 fully saturated rings. The van der Waals surface area contributed by atoms with E-state index >= 15 is 0 Å². The van der Waals surface area contributed by atoms with Gasteiger partial charge in [0, 0.05) is 16.5 Å². The van der Waals surface area contributed by atoms with Crippen LogP contribution in [0.5, 0.6) is 11.5 Å². The van der Waals surface area contributed by atoms with E-state index in [9.17, 15) is 13.2 Å². The molecule has 2 heterocycles. The Morgan fingerprint density at radius 2 is 1.48 bits per heavy atom. The van der Waals surface area contributed by atoms with Crippen LogP contribution >= 0.6 is 23.1 Å². The van der Waals surface area contributed by atoms with Crippen LogP contribution in [0.15, 0.2) is 125 Å². The van der Waals surface area contributed by atoms with Gasteiger partial charge in [0.25, 0.3) is 10.9 Å². The molecule has 11 heteroatoms. The quantitative estimate of drug-likeness (QED) is 0.145. The Morgan fingerprint density at radius 1 is 0.833 bits per heavy atom. The van der Waals surface area contributed by atoms with Crippen molar-refractivity contribution in [3.05, 3.63) is 131 Å². The summed E-state index contributed by atoms with van der Waals surface area (Å²) in [5.74, 6) is 0.922. The number of para-hydroxylation sites is 2. The predicted octanol–water partition coefficient (Wildman–Crippen LogP) is 7.10. The van der Waals surface area contributed by atoms with Crippen LogP contribution in [0.1, 0.15) is 15.4 Å². The predicted molar refractivity (Wildman–Crippen MR) is 193 cm³/mol. The first-order valence-corrected chi connectivity index (χ1v) is 18.9. The molecule has 7 rings (SSSR count). The first-order chi connectivity index (χ1) is 23.3. The van der Waals surface area contributed by atoms with Gasteiger partial charge in [0.2, 0.25) is 15.5 Å². The molecule has 8 nitrogen and oxygen atoms in total. The van der Waals surface area contributed by atoms with Crippen LogP contribution in [0.3, 0.4) is 0 Å². The van der Waals surface area contributed by atoms with Crippen LogP contribution in [0.4, 0.5) is 5.69 Å². The van der Waals surface area contributed by atoms with Crippen molar-refractivity contribution in [3.63, 3.8) is 0 Å².